The molecule has 0 aromatic heterocycles. The second-order valence-electron chi connectivity index (χ2n) is 3.56. The predicted molar refractivity (Wildman–Crippen MR) is 49.7 cm³/mol. The molecule has 1 atom stereocenters. The largest absolute Gasteiger partial charge is 0.314 e. The molecule has 0 spiro atoms. The number of hydrogen-bond acceptors (Lipinski definition) is 1. The van der Waals surface area contributed by atoms with Crippen LogP contribution in [-0.4, -0.2) is 12.6 Å². The summed E-state index contributed by atoms with van der Waals surface area (Å²) in [4.78, 5) is 0. The Morgan fingerprint density at radius 2 is 2.09 bits per heavy atom. The van der Waals surface area contributed by atoms with Crippen LogP contribution in [0.1, 0.15) is 40.0 Å². The molecule has 0 aromatic carbocycles. The molecular formula is C10H19N. The van der Waals surface area contributed by atoms with E-state index in [0.717, 1.165) is 12.6 Å². The lowest BCUT2D eigenvalue weighted by Crippen LogP contribution is -2.31. The first-order chi connectivity index (χ1) is 5.24. The zero-order valence-corrected chi connectivity index (χ0v) is 7.91. The summed E-state index contributed by atoms with van der Waals surface area (Å²) in [5.74, 6) is 0. The van der Waals surface area contributed by atoms with Crippen molar-refractivity contribution in [1.29, 1.82) is 0 Å². The van der Waals surface area contributed by atoms with Gasteiger partial charge in [0.15, 0.2) is 0 Å². The van der Waals surface area contributed by atoms with Crippen LogP contribution in [0.5, 0.6) is 0 Å². The van der Waals surface area contributed by atoms with E-state index in [9.17, 15) is 0 Å². The van der Waals surface area contributed by atoms with E-state index in [1.807, 2.05) is 0 Å². The summed E-state index contributed by atoms with van der Waals surface area (Å²) in [6.45, 7) is 7.81. The molecule has 1 nitrogen and oxygen atoms in total. The van der Waals surface area contributed by atoms with Gasteiger partial charge in [0.05, 0.1) is 0 Å². The number of nitrogens with one attached hydrogen (secondary N) is 1. The fourth-order valence-corrected chi connectivity index (χ4v) is 1.71. The molecule has 0 radical (unpaired) electrons. The van der Waals surface area contributed by atoms with Gasteiger partial charge in [0.2, 0.25) is 0 Å². The summed E-state index contributed by atoms with van der Waals surface area (Å²) >= 11 is 0. The molecule has 0 heterocycles. The molecule has 1 heteroatoms. The predicted octanol–water partition coefficient (Wildman–Crippen LogP) is 2.48. The normalized spacial score (nSPS) is 25.9. The van der Waals surface area contributed by atoms with Crippen LogP contribution >= 0.6 is 0 Å². The van der Waals surface area contributed by atoms with Gasteiger partial charge >= 0.3 is 0 Å². The molecule has 1 aliphatic rings. The van der Waals surface area contributed by atoms with Gasteiger partial charge < -0.3 is 5.32 Å². The van der Waals surface area contributed by atoms with Gasteiger partial charge in [0.25, 0.3) is 0 Å². The van der Waals surface area contributed by atoms with Crippen molar-refractivity contribution in [2.75, 3.05) is 6.54 Å². The van der Waals surface area contributed by atoms with Crippen molar-refractivity contribution >= 4 is 0 Å². The van der Waals surface area contributed by atoms with Crippen molar-refractivity contribution in [1.82, 2.24) is 5.32 Å². The minimum atomic E-state index is 0.753. The Morgan fingerprint density at radius 3 is 2.64 bits per heavy atom. The zero-order valence-electron chi connectivity index (χ0n) is 7.91. The van der Waals surface area contributed by atoms with Crippen molar-refractivity contribution in [2.45, 2.75) is 46.1 Å². The second kappa shape index (κ2) is 3.91. The molecule has 0 bridgehead atoms. The second-order valence-corrected chi connectivity index (χ2v) is 3.56. The fraction of sp³-hybridized carbons (Fsp3) is 0.800. The summed E-state index contributed by atoms with van der Waals surface area (Å²) in [5, 5.41) is 3.50. The number of rotatable bonds is 2. The van der Waals surface area contributed by atoms with E-state index in [1.165, 1.54) is 19.3 Å². The minimum absolute atomic E-state index is 0.753. The molecule has 1 unspecified atom stereocenters. The first kappa shape index (κ1) is 8.79. The maximum absolute atomic E-state index is 3.50. The average molecular weight is 153 g/mol. The smallest absolute Gasteiger partial charge is 0.0107 e. The Morgan fingerprint density at radius 1 is 1.36 bits per heavy atom. The monoisotopic (exact) mass is 153 g/mol. The molecule has 64 valence electrons. The van der Waals surface area contributed by atoms with Crippen molar-refractivity contribution < 1.29 is 0 Å². The van der Waals surface area contributed by atoms with Crippen LogP contribution in [0.15, 0.2) is 11.1 Å². The van der Waals surface area contributed by atoms with Gasteiger partial charge in [-0.05, 0) is 39.7 Å². The van der Waals surface area contributed by atoms with E-state index in [0.29, 0.717) is 0 Å². The van der Waals surface area contributed by atoms with Gasteiger partial charge in [0.1, 0.15) is 0 Å². The van der Waals surface area contributed by atoms with E-state index < -0.39 is 0 Å². The van der Waals surface area contributed by atoms with Crippen LogP contribution in [-0.2, 0) is 0 Å². The third-order valence-electron chi connectivity index (χ3n) is 2.64. The summed E-state index contributed by atoms with van der Waals surface area (Å²) in [5.41, 5.74) is 3.21. The van der Waals surface area contributed by atoms with Crippen molar-refractivity contribution in [2.24, 2.45) is 0 Å². The van der Waals surface area contributed by atoms with Crippen molar-refractivity contribution in [3.05, 3.63) is 11.1 Å². The van der Waals surface area contributed by atoms with Crippen molar-refractivity contribution in [3.8, 4) is 0 Å². The van der Waals surface area contributed by atoms with Gasteiger partial charge in [-0.15, -0.1) is 0 Å². The third-order valence-corrected chi connectivity index (χ3v) is 2.64. The molecule has 0 saturated heterocycles. The van der Waals surface area contributed by atoms with Gasteiger partial charge in [-0.3, -0.25) is 0 Å². The summed E-state index contributed by atoms with van der Waals surface area (Å²) in [6, 6.07) is 0.753. The average Bonchev–Trinajstić information content (AvgIpc) is 1.98. The Bertz CT molecular complexity index is 158. The fourth-order valence-electron chi connectivity index (χ4n) is 1.71. The molecule has 1 rings (SSSR count). The quantitative estimate of drug-likeness (QED) is 0.601. The Kier molecular flexibility index (Phi) is 3.13. The lowest BCUT2D eigenvalue weighted by molar-refractivity contribution is 0.467. The third kappa shape index (κ3) is 2.33. The van der Waals surface area contributed by atoms with Crippen molar-refractivity contribution in [3.63, 3.8) is 0 Å². The number of allylic oxidation sites excluding steroid dienone is 1. The van der Waals surface area contributed by atoms with Crippen LogP contribution in [0.25, 0.3) is 0 Å². The van der Waals surface area contributed by atoms with Crippen LogP contribution in [0.3, 0.4) is 0 Å². The molecule has 1 N–H and O–H groups in total. The highest BCUT2D eigenvalue weighted by molar-refractivity contribution is 5.14. The van der Waals surface area contributed by atoms with Gasteiger partial charge in [-0.1, -0.05) is 18.1 Å². The Hall–Kier alpha value is -0.300. The number of hydrogen-bond donors (Lipinski definition) is 1. The lowest BCUT2D eigenvalue weighted by atomic mass is 9.90. The molecule has 0 saturated carbocycles. The van der Waals surface area contributed by atoms with Gasteiger partial charge in [-0.2, -0.15) is 0 Å². The molecular weight excluding hydrogens is 134 g/mol. The van der Waals surface area contributed by atoms with E-state index >= 15 is 0 Å². The topological polar surface area (TPSA) is 12.0 Å². The Labute approximate surface area is 69.9 Å². The highest BCUT2D eigenvalue weighted by atomic mass is 14.9. The first-order valence-corrected chi connectivity index (χ1v) is 4.62. The molecule has 1 aliphatic carbocycles. The molecule has 0 aromatic rings. The minimum Gasteiger partial charge on any atom is -0.314 e. The highest BCUT2D eigenvalue weighted by Crippen LogP contribution is 2.23. The summed E-state index contributed by atoms with van der Waals surface area (Å²) in [6.07, 6.45) is 3.89. The van der Waals surface area contributed by atoms with Crippen LogP contribution in [0, 0.1) is 0 Å². The molecule has 0 fully saturated rings. The maximum atomic E-state index is 3.50. The van der Waals surface area contributed by atoms with E-state index in [4.69, 9.17) is 0 Å². The Balaban J connectivity index is 2.44. The van der Waals surface area contributed by atoms with Crippen LogP contribution in [0.4, 0.5) is 0 Å². The van der Waals surface area contributed by atoms with Gasteiger partial charge in [0, 0.05) is 6.04 Å². The SMILES string of the molecule is CCNC1CCC(C)=C(C)C1. The molecule has 0 aliphatic heterocycles. The summed E-state index contributed by atoms with van der Waals surface area (Å²) in [7, 11) is 0. The van der Waals surface area contributed by atoms with E-state index in [-0.39, 0.29) is 0 Å². The zero-order chi connectivity index (χ0) is 8.27. The summed E-state index contributed by atoms with van der Waals surface area (Å²) < 4.78 is 0. The van der Waals surface area contributed by atoms with Crippen LogP contribution in [0.2, 0.25) is 0 Å². The van der Waals surface area contributed by atoms with E-state index in [2.05, 4.69) is 26.1 Å². The first-order valence-electron chi connectivity index (χ1n) is 4.62. The van der Waals surface area contributed by atoms with Gasteiger partial charge in [-0.25, -0.2) is 0 Å². The molecule has 11 heavy (non-hydrogen) atoms. The lowest BCUT2D eigenvalue weighted by Gasteiger charge is -2.24. The van der Waals surface area contributed by atoms with Crippen LogP contribution < -0.4 is 5.32 Å². The molecule has 0 amide bonds. The highest BCUT2D eigenvalue weighted by Gasteiger charge is 2.14. The van der Waals surface area contributed by atoms with E-state index in [1.54, 1.807) is 11.1 Å². The standard InChI is InChI=1S/C10H19N/c1-4-11-10-6-5-8(2)9(3)7-10/h10-11H,4-7H2,1-3H3. The maximum Gasteiger partial charge on any atom is 0.0107 e.